The second-order valence-electron chi connectivity index (χ2n) is 6.30. The number of fused-ring (bicyclic) bond motifs is 1. The van der Waals surface area contributed by atoms with E-state index in [0.29, 0.717) is 12.1 Å². The van der Waals surface area contributed by atoms with Crippen LogP contribution in [0.5, 0.6) is 0 Å². The Morgan fingerprint density at radius 1 is 1.23 bits per heavy atom. The fourth-order valence-corrected chi connectivity index (χ4v) is 3.38. The number of halogens is 1. The van der Waals surface area contributed by atoms with Gasteiger partial charge in [0.2, 0.25) is 0 Å². The molecule has 0 bridgehead atoms. The summed E-state index contributed by atoms with van der Waals surface area (Å²) in [6.45, 7) is 1.93. The van der Waals surface area contributed by atoms with Crippen LogP contribution < -0.4 is 0 Å². The summed E-state index contributed by atoms with van der Waals surface area (Å²) in [4.78, 5) is 22.2. The van der Waals surface area contributed by atoms with Crippen molar-refractivity contribution in [1.29, 1.82) is 0 Å². The number of rotatable bonds is 3. The number of carbonyl (C=O) groups is 1. The first kappa shape index (κ1) is 16.7. The van der Waals surface area contributed by atoms with E-state index in [1.807, 2.05) is 31.2 Å². The molecule has 1 fully saturated rings. The Bertz CT molecular complexity index is 996. The van der Waals surface area contributed by atoms with Gasteiger partial charge in [-0.15, -0.1) is 0 Å². The maximum Gasteiger partial charge on any atom is 0.269 e. The Morgan fingerprint density at radius 2 is 1.92 bits per heavy atom. The van der Waals surface area contributed by atoms with Crippen LogP contribution in [-0.4, -0.2) is 27.5 Å². The number of nitrogens with zero attached hydrogens (tertiary/aromatic N) is 3. The molecule has 1 saturated carbocycles. The van der Waals surface area contributed by atoms with Gasteiger partial charge in [0.15, 0.2) is 5.78 Å². The molecule has 1 heterocycles. The van der Waals surface area contributed by atoms with E-state index < -0.39 is 4.92 Å². The van der Waals surface area contributed by atoms with E-state index in [9.17, 15) is 14.9 Å². The van der Waals surface area contributed by atoms with Crippen molar-refractivity contribution in [2.45, 2.75) is 19.4 Å². The van der Waals surface area contributed by atoms with E-state index >= 15 is 0 Å². The first-order valence-corrected chi connectivity index (χ1v) is 8.87. The van der Waals surface area contributed by atoms with Gasteiger partial charge in [0.05, 0.1) is 10.6 Å². The lowest BCUT2D eigenvalue weighted by molar-refractivity contribution is -0.384. The lowest BCUT2D eigenvalue weighted by atomic mass is 9.97. The van der Waals surface area contributed by atoms with Gasteiger partial charge in [-0.1, -0.05) is 22.0 Å². The monoisotopic (exact) mass is 411 g/mol. The number of benzene rings is 2. The van der Waals surface area contributed by atoms with Gasteiger partial charge in [0.1, 0.15) is 6.04 Å². The molecule has 0 saturated heterocycles. The van der Waals surface area contributed by atoms with Crippen LogP contribution in [0.25, 0.3) is 6.08 Å². The standard InChI is InChI=1S/C19H14BrN3O3/c1-11-8-13-2-5-14(20)9-16(13)19(21-22(11)17-10-18(17)24)12-3-6-15(7-4-12)23(25)26/h2-9,17H,10H2,1H3. The SMILES string of the molecule is CC1=Cc2ccc(Br)cc2C(c2ccc([N+](=O)[O-])cc2)=NN1C1CC1=O. The van der Waals surface area contributed by atoms with E-state index in [4.69, 9.17) is 5.10 Å². The van der Waals surface area contributed by atoms with Crippen molar-refractivity contribution in [3.63, 3.8) is 0 Å². The highest BCUT2D eigenvalue weighted by Crippen LogP contribution is 2.33. The number of allylic oxidation sites excluding steroid dienone is 1. The predicted octanol–water partition coefficient (Wildman–Crippen LogP) is 4.13. The van der Waals surface area contributed by atoms with Crippen molar-refractivity contribution in [3.8, 4) is 0 Å². The molecule has 0 aromatic heterocycles. The molecule has 6 nitrogen and oxygen atoms in total. The number of Topliss-reactive ketones (excluding diaryl/α,β-unsaturated/α-hetero) is 1. The summed E-state index contributed by atoms with van der Waals surface area (Å²) in [5, 5.41) is 17.5. The number of hydrogen-bond acceptors (Lipinski definition) is 5. The Labute approximate surface area is 158 Å². The molecule has 1 unspecified atom stereocenters. The van der Waals surface area contributed by atoms with Crippen molar-refractivity contribution in [2.75, 3.05) is 0 Å². The lowest BCUT2D eigenvalue weighted by Gasteiger charge is -2.18. The first-order chi connectivity index (χ1) is 12.4. The molecule has 2 aromatic carbocycles. The van der Waals surface area contributed by atoms with Crippen molar-refractivity contribution < 1.29 is 9.72 Å². The molecule has 26 heavy (non-hydrogen) atoms. The predicted molar refractivity (Wildman–Crippen MR) is 102 cm³/mol. The second kappa shape index (κ2) is 6.17. The maximum atomic E-state index is 11.7. The van der Waals surface area contributed by atoms with E-state index in [-0.39, 0.29) is 17.5 Å². The van der Waals surface area contributed by atoms with Gasteiger partial charge in [-0.2, -0.15) is 5.10 Å². The first-order valence-electron chi connectivity index (χ1n) is 8.07. The third kappa shape index (κ3) is 2.94. The van der Waals surface area contributed by atoms with Gasteiger partial charge in [-0.25, -0.2) is 0 Å². The van der Waals surface area contributed by atoms with E-state index in [1.165, 1.54) is 12.1 Å². The lowest BCUT2D eigenvalue weighted by Crippen LogP contribution is -2.21. The maximum absolute atomic E-state index is 11.7. The molecule has 4 rings (SSSR count). The molecule has 1 aliphatic heterocycles. The molecule has 1 aliphatic carbocycles. The molecular formula is C19H14BrN3O3. The number of hydrogen-bond donors (Lipinski definition) is 0. The molecule has 130 valence electrons. The summed E-state index contributed by atoms with van der Waals surface area (Å²) in [5.74, 6) is 0.164. The van der Waals surface area contributed by atoms with Crippen LogP contribution in [0.4, 0.5) is 5.69 Å². The number of nitro benzene ring substituents is 1. The normalized spacial score (nSPS) is 18.6. The zero-order valence-corrected chi connectivity index (χ0v) is 15.4. The highest BCUT2D eigenvalue weighted by atomic mass is 79.9. The van der Waals surface area contributed by atoms with Crippen LogP contribution in [0.3, 0.4) is 0 Å². The fraction of sp³-hybridized carbons (Fsp3) is 0.158. The molecular weight excluding hydrogens is 398 g/mol. The number of carbonyl (C=O) groups excluding carboxylic acids is 1. The minimum atomic E-state index is -0.426. The minimum absolute atomic E-state index is 0.0287. The van der Waals surface area contributed by atoms with Gasteiger partial charge in [-0.3, -0.25) is 19.9 Å². The molecule has 0 N–H and O–H groups in total. The number of ketones is 1. The third-order valence-corrected chi connectivity index (χ3v) is 4.95. The van der Waals surface area contributed by atoms with Crippen molar-refractivity contribution in [2.24, 2.45) is 5.10 Å². The largest absolute Gasteiger partial charge is 0.297 e. The van der Waals surface area contributed by atoms with Gasteiger partial charge in [0.25, 0.3) is 5.69 Å². The van der Waals surface area contributed by atoms with Crippen LogP contribution in [-0.2, 0) is 4.79 Å². The molecule has 1 atom stereocenters. The summed E-state index contributed by atoms with van der Waals surface area (Å²) in [6.07, 6.45) is 2.50. The van der Waals surface area contributed by atoms with Gasteiger partial charge in [0, 0.05) is 39.9 Å². The van der Waals surface area contributed by atoms with Crippen molar-refractivity contribution >= 4 is 39.2 Å². The van der Waals surface area contributed by atoms with Crippen LogP contribution in [0.2, 0.25) is 0 Å². The number of hydrazone groups is 1. The Hall–Kier alpha value is -2.80. The van der Waals surface area contributed by atoms with Crippen LogP contribution in [0, 0.1) is 10.1 Å². The van der Waals surface area contributed by atoms with E-state index in [1.54, 1.807) is 17.1 Å². The molecule has 0 spiro atoms. The average molecular weight is 412 g/mol. The Kier molecular flexibility index (Phi) is 3.96. The zero-order valence-electron chi connectivity index (χ0n) is 13.8. The number of nitro groups is 1. The van der Waals surface area contributed by atoms with Crippen LogP contribution in [0.1, 0.15) is 30.0 Å². The van der Waals surface area contributed by atoms with E-state index in [2.05, 4.69) is 15.9 Å². The fourth-order valence-electron chi connectivity index (χ4n) is 3.02. The summed E-state index contributed by atoms with van der Waals surface area (Å²) in [6, 6.07) is 12.0. The Balaban J connectivity index is 1.88. The minimum Gasteiger partial charge on any atom is -0.297 e. The topological polar surface area (TPSA) is 75.8 Å². The van der Waals surface area contributed by atoms with Crippen LogP contribution in [0.15, 0.2) is 57.7 Å². The third-order valence-electron chi connectivity index (χ3n) is 4.46. The van der Waals surface area contributed by atoms with Gasteiger partial charge < -0.3 is 0 Å². The Morgan fingerprint density at radius 3 is 2.54 bits per heavy atom. The average Bonchev–Trinajstić information content (AvgIpc) is 3.35. The zero-order chi connectivity index (χ0) is 18.4. The van der Waals surface area contributed by atoms with Crippen LogP contribution >= 0.6 is 15.9 Å². The van der Waals surface area contributed by atoms with Gasteiger partial charge in [-0.05, 0) is 42.8 Å². The molecule has 2 aliphatic rings. The second-order valence-corrected chi connectivity index (χ2v) is 7.22. The van der Waals surface area contributed by atoms with Crippen molar-refractivity contribution in [3.05, 3.63) is 79.4 Å². The number of non-ortho nitro benzene ring substituents is 1. The molecule has 0 amide bonds. The summed E-state index contributed by atoms with van der Waals surface area (Å²) < 4.78 is 0.910. The highest BCUT2D eigenvalue weighted by Gasteiger charge is 2.41. The summed E-state index contributed by atoms with van der Waals surface area (Å²) in [5.41, 5.74) is 4.25. The summed E-state index contributed by atoms with van der Waals surface area (Å²) in [7, 11) is 0. The quantitative estimate of drug-likeness (QED) is 0.561. The smallest absolute Gasteiger partial charge is 0.269 e. The van der Waals surface area contributed by atoms with Gasteiger partial charge >= 0.3 is 0 Å². The van der Waals surface area contributed by atoms with E-state index in [0.717, 1.165) is 26.9 Å². The summed E-state index contributed by atoms with van der Waals surface area (Å²) >= 11 is 3.49. The molecule has 7 heteroatoms. The molecule has 2 aromatic rings. The molecule has 0 radical (unpaired) electrons. The van der Waals surface area contributed by atoms with Crippen molar-refractivity contribution in [1.82, 2.24) is 5.01 Å². The highest BCUT2D eigenvalue weighted by molar-refractivity contribution is 9.10.